The second-order valence-corrected chi connectivity index (χ2v) is 10.8. The fraction of sp³-hybridized carbons (Fsp3) is 0.257. The number of carbonyl (C=O) groups excluding carboxylic acids is 2. The van der Waals surface area contributed by atoms with Gasteiger partial charge < -0.3 is 34.5 Å². The van der Waals surface area contributed by atoms with Gasteiger partial charge in [0.25, 0.3) is 0 Å². The third-order valence-electron chi connectivity index (χ3n) is 7.79. The summed E-state index contributed by atoms with van der Waals surface area (Å²) in [6.45, 7) is 6.28. The number of benzene rings is 3. The minimum atomic E-state index is -1.15. The lowest BCUT2D eigenvalue weighted by Crippen LogP contribution is -2.45. The number of allylic oxidation sites excluding steroid dienone is 1. The molecule has 12 nitrogen and oxygen atoms in total. The second kappa shape index (κ2) is 14.5. The van der Waals surface area contributed by atoms with Crippen LogP contribution in [0.15, 0.2) is 83.1 Å². The second-order valence-electron chi connectivity index (χ2n) is 10.8. The van der Waals surface area contributed by atoms with Crippen LogP contribution >= 0.6 is 0 Å². The van der Waals surface area contributed by atoms with Crippen LogP contribution in [-0.4, -0.2) is 54.4 Å². The third-order valence-corrected chi connectivity index (χ3v) is 7.79. The number of para-hydroxylation sites is 1. The first-order valence-corrected chi connectivity index (χ1v) is 15.0. The van der Waals surface area contributed by atoms with E-state index in [4.69, 9.17) is 19.5 Å². The van der Waals surface area contributed by atoms with Crippen LogP contribution in [0.4, 0.5) is 4.79 Å². The van der Waals surface area contributed by atoms with Gasteiger partial charge in [0.15, 0.2) is 17.7 Å². The molecular weight excluding hydrogens is 600 g/mol. The number of hydrazone groups is 1. The first-order valence-electron chi connectivity index (χ1n) is 15.0. The maximum absolute atomic E-state index is 12.5. The number of hydrogen-bond donors (Lipinski definition) is 4. The molecule has 2 heterocycles. The fourth-order valence-electron chi connectivity index (χ4n) is 5.50. The number of urea groups is 1. The Balaban J connectivity index is 1.28. The lowest BCUT2D eigenvalue weighted by molar-refractivity contribution is -0.136. The number of fused-ring (bicyclic) bond motifs is 1. The van der Waals surface area contributed by atoms with Gasteiger partial charge in [-0.05, 0) is 62.2 Å². The van der Waals surface area contributed by atoms with Crippen molar-refractivity contribution in [2.45, 2.75) is 39.6 Å². The quantitative estimate of drug-likeness (QED) is 0.0771. The summed E-state index contributed by atoms with van der Waals surface area (Å²) in [6.07, 6.45) is 0.533. The molecule has 242 valence electrons. The predicted molar refractivity (Wildman–Crippen MR) is 176 cm³/mol. The molecule has 2 amide bonds. The van der Waals surface area contributed by atoms with E-state index in [-0.39, 0.29) is 12.2 Å². The van der Waals surface area contributed by atoms with Crippen LogP contribution in [0.3, 0.4) is 0 Å². The molecular formula is C35H36N6O6. The lowest BCUT2D eigenvalue weighted by Gasteiger charge is -2.28. The van der Waals surface area contributed by atoms with Crippen LogP contribution in [0.25, 0.3) is 10.9 Å². The van der Waals surface area contributed by atoms with E-state index in [1.807, 2.05) is 62.4 Å². The molecule has 1 aliphatic heterocycles. The zero-order valence-corrected chi connectivity index (χ0v) is 26.5. The van der Waals surface area contributed by atoms with Crippen LogP contribution in [0.1, 0.15) is 47.8 Å². The van der Waals surface area contributed by atoms with Gasteiger partial charge in [0.1, 0.15) is 6.61 Å². The molecule has 47 heavy (non-hydrogen) atoms. The molecule has 0 fully saturated rings. The largest absolute Gasteiger partial charge is 0.490 e. The molecule has 0 radical (unpaired) electrons. The number of nitrogens with zero attached hydrogens (tertiary/aromatic N) is 3. The van der Waals surface area contributed by atoms with E-state index in [1.165, 1.54) is 7.11 Å². The Morgan fingerprint density at radius 3 is 2.62 bits per heavy atom. The number of ether oxygens (including phenoxy) is 3. The van der Waals surface area contributed by atoms with Crippen LogP contribution in [0.2, 0.25) is 0 Å². The van der Waals surface area contributed by atoms with E-state index in [0.717, 1.165) is 27.7 Å². The van der Waals surface area contributed by atoms with Crippen molar-refractivity contribution in [2.75, 3.05) is 20.3 Å². The number of carbonyl (C=O) groups is 2. The zero-order chi connectivity index (χ0) is 33.5. The van der Waals surface area contributed by atoms with Gasteiger partial charge >= 0.3 is 12.0 Å². The smallest absolute Gasteiger partial charge is 0.337 e. The first-order chi connectivity index (χ1) is 22.7. The number of aliphatic hydroxyl groups is 1. The molecule has 0 saturated carbocycles. The molecule has 3 aromatic carbocycles. The van der Waals surface area contributed by atoms with Gasteiger partial charge in [-0.15, -0.1) is 0 Å². The Morgan fingerprint density at radius 2 is 1.89 bits per heavy atom. The lowest BCUT2D eigenvalue weighted by atomic mass is 9.95. The topological polar surface area (TPSA) is 159 Å². The van der Waals surface area contributed by atoms with Gasteiger partial charge in [0.2, 0.25) is 0 Å². The van der Waals surface area contributed by atoms with E-state index < -0.39 is 24.3 Å². The van der Waals surface area contributed by atoms with Crippen molar-refractivity contribution in [3.8, 4) is 17.6 Å². The highest BCUT2D eigenvalue weighted by Gasteiger charge is 2.32. The van der Waals surface area contributed by atoms with Crippen molar-refractivity contribution < 1.29 is 28.9 Å². The van der Waals surface area contributed by atoms with E-state index in [2.05, 4.69) is 31.8 Å². The Morgan fingerprint density at radius 1 is 1.13 bits per heavy atom. The average Bonchev–Trinajstić information content (AvgIpc) is 3.33. The summed E-state index contributed by atoms with van der Waals surface area (Å²) in [5.74, 6) is 0.169. The predicted octanol–water partition coefficient (Wildman–Crippen LogP) is 4.39. The summed E-state index contributed by atoms with van der Waals surface area (Å²) < 4.78 is 18.8. The summed E-state index contributed by atoms with van der Waals surface area (Å²) in [5, 5.41) is 30.4. The summed E-state index contributed by atoms with van der Waals surface area (Å²) >= 11 is 0. The van der Waals surface area contributed by atoms with Crippen LogP contribution < -0.4 is 25.5 Å². The Labute approximate surface area is 272 Å². The van der Waals surface area contributed by atoms with E-state index >= 15 is 0 Å². The van der Waals surface area contributed by atoms with E-state index in [9.17, 15) is 14.7 Å². The van der Waals surface area contributed by atoms with E-state index in [1.54, 1.807) is 31.3 Å². The molecule has 2 atom stereocenters. The van der Waals surface area contributed by atoms with Gasteiger partial charge in [-0.1, -0.05) is 36.4 Å². The van der Waals surface area contributed by atoms with Crippen molar-refractivity contribution in [3.05, 3.63) is 106 Å². The van der Waals surface area contributed by atoms with Crippen molar-refractivity contribution in [2.24, 2.45) is 5.10 Å². The minimum Gasteiger partial charge on any atom is -0.490 e. The Hall–Kier alpha value is -5.80. The van der Waals surface area contributed by atoms with Gasteiger partial charge in [-0.3, -0.25) is 5.43 Å². The highest BCUT2D eigenvalue weighted by Crippen LogP contribution is 2.35. The number of nitrogens with one attached hydrogen (secondary N) is 3. The maximum atomic E-state index is 12.5. The summed E-state index contributed by atoms with van der Waals surface area (Å²) in [6, 6.07) is 21.5. The molecule has 1 aromatic heterocycles. The number of aliphatic hydroxyl groups excluding tert-OH is 1. The molecule has 0 bridgehead atoms. The van der Waals surface area contributed by atoms with Gasteiger partial charge in [0.05, 0.1) is 43.2 Å². The number of rotatable bonds is 12. The highest BCUT2D eigenvalue weighted by atomic mass is 16.5. The standard InChI is InChI=1S/C35H36N6O6/c1-5-46-30-16-25(33-32(34(43)45-4)21(2)38-35(44)39-33)14-15-29(30)47-20-31(42)40-37-18-27-22(3)41(28-9-7-6-8-26(27)28)19-24-12-10-23(17-36)11-13-24/h6-16,18,31,33,40,42H,5,19-20H2,1-4H3,(H2,38,39,44)/b37-18+/t31-,33-/m0/s1. The van der Waals surface area contributed by atoms with Crippen LogP contribution in [0, 0.1) is 18.3 Å². The van der Waals surface area contributed by atoms with Crippen molar-refractivity contribution in [1.82, 2.24) is 20.6 Å². The number of nitriles is 1. The summed E-state index contributed by atoms with van der Waals surface area (Å²) in [7, 11) is 1.28. The summed E-state index contributed by atoms with van der Waals surface area (Å²) in [5.41, 5.74) is 8.61. The monoisotopic (exact) mass is 636 g/mol. The summed E-state index contributed by atoms with van der Waals surface area (Å²) in [4.78, 5) is 24.7. The first kappa shape index (κ1) is 32.6. The molecule has 0 saturated heterocycles. The van der Waals surface area contributed by atoms with Gasteiger partial charge in [0, 0.05) is 34.4 Å². The minimum absolute atomic E-state index is 0.146. The van der Waals surface area contributed by atoms with Crippen molar-refractivity contribution in [3.63, 3.8) is 0 Å². The number of aromatic nitrogens is 1. The normalized spacial score (nSPS) is 15.1. The van der Waals surface area contributed by atoms with Crippen molar-refractivity contribution >= 4 is 29.1 Å². The molecule has 0 aliphatic carbocycles. The molecule has 0 spiro atoms. The van der Waals surface area contributed by atoms with E-state index in [0.29, 0.717) is 41.5 Å². The molecule has 1 aliphatic rings. The number of hydrogen-bond acceptors (Lipinski definition) is 9. The maximum Gasteiger partial charge on any atom is 0.337 e. The molecule has 12 heteroatoms. The number of esters is 1. The third kappa shape index (κ3) is 7.21. The molecule has 4 aromatic rings. The SMILES string of the molecule is CCOc1cc([C@@H]2NC(=O)NC(C)=C2C(=O)OC)ccc1OC[C@H](O)N/N=C/c1c(C)n(Cc2ccc(C#N)cc2)c2ccccc12. The average molecular weight is 637 g/mol. The van der Waals surface area contributed by atoms with Crippen LogP contribution in [0.5, 0.6) is 11.5 Å². The van der Waals surface area contributed by atoms with Gasteiger partial charge in [-0.2, -0.15) is 10.4 Å². The zero-order valence-electron chi connectivity index (χ0n) is 26.5. The molecule has 5 rings (SSSR count). The number of methoxy groups -OCH3 is 1. The van der Waals surface area contributed by atoms with Gasteiger partial charge in [-0.25, -0.2) is 9.59 Å². The fourth-order valence-corrected chi connectivity index (χ4v) is 5.50. The molecule has 0 unspecified atom stereocenters. The van der Waals surface area contributed by atoms with Crippen LogP contribution in [-0.2, 0) is 16.1 Å². The number of amides is 2. The molecule has 4 N–H and O–H groups in total. The Bertz CT molecular complexity index is 1890. The Kier molecular flexibility index (Phi) is 10.1. The van der Waals surface area contributed by atoms with Crippen molar-refractivity contribution in [1.29, 1.82) is 5.26 Å². The highest BCUT2D eigenvalue weighted by molar-refractivity contribution is 6.01.